The largest absolute Gasteiger partial charge is 0.314 e. The fourth-order valence-corrected chi connectivity index (χ4v) is 3.63. The van der Waals surface area contributed by atoms with Crippen molar-refractivity contribution in [3.05, 3.63) is 70.4 Å². The summed E-state index contributed by atoms with van der Waals surface area (Å²) in [4.78, 5) is 27.4. The third-order valence-corrected chi connectivity index (χ3v) is 5.54. The highest BCUT2D eigenvalue weighted by Gasteiger charge is 2.21. The minimum Gasteiger partial charge on any atom is -0.314 e. The molecule has 0 fully saturated rings. The molecule has 0 spiro atoms. The maximum atomic E-state index is 12.7. The molecule has 0 unspecified atom stereocenters. The smallest absolute Gasteiger partial charge is 0.294 e. The summed E-state index contributed by atoms with van der Waals surface area (Å²) in [6, 6.07) is 15.4. The van der Waals surface area contributed by atoms with Gasteiger partial charge in [0.1, 0.15) is 11.4 Å². The number of H-pyrrole nitrogens is 1. The molecule has 10 heteroatoms. The van der Waals surface area contributed by atoms with Crippen LogP contribution < -0.4 is 0 Å². The van der Waals surface area contributed by atoms with Crippen molar-refractivity contribution in [2.24, 2.45) is 0 Å². The van der Waals surface area contributed by atoms with Crippen molar-refractivity contribution in [1.29, 1.82) is 0 Å². The number of carbonyl (C=O) groups is 1. The number of rotatable bonds is 9. The Hall–Kier alpha value is -3.53. The zero-order valence-corrected chi connectivity index (χ0v) is 16.9. The Balaban J connectivity index is 1.97. The Morgan fingerprint density at radius 3 is 2.37 bits per heavy atom. The first-order chi connectivity index (χ1) is 14.3. The highest BCUT2D eigenvalue weighted by Crippen LogP contribution is 2.34. The van der Waals surface area contributed by atoms with E-state index in [1.165, 1.54) is 12.1 Å². The van der Waals surface area contributed by atoms with Crippen LogP contribution in [0.1, 0.15) is 23.3 Å². The molecule has 0 aliphatic heterocycles. The minimum atomic E-state index is -3.33. The van der Waals surface area contributed by atoms with E-state index >= 15 is 0 Å². The van der Waals surface area contributed by atoms with E-state index in [2.05, 4.69) is 15.0 Å². The topological polar surface area (TPSA) is 132 Å². The monoisotopic (exact) mass is 429 g/mol. The highest BCUT2D eigenvalue weighted by atomic mass is 32.2. The Morgan fingerprint density at radius 1 is 1.10 bits per heavy atom. The van der Waals surface area contributed by atoms with E-state index in [0.29, 0.717) is 16.8 Å². The lowest BCUT2D eigenvalue weighted by Crippen LogP contribution is -2.07. The summed E-state index contributed by atoms with van der Waals surface area (Å²) in [5.41, 5.74) is 2.78. The molecule has 1 N–H and O–H groups in total. The number of nitrogens with one attached hydrogen (secondary N) is 1. The lowest BCUT2D eigenvalue weighted by Gasteiger charge is -2.07. The van der Waals surface area contributed by atoms with E-state index in [1.807, 2.05) is 30.3 Å². The predicted octanol–water partition coefficient (Wildman–Crippen LogP) is 3.32. The summed E-state index contributed by atoms with van der Waals surface area (Å²) in [6.45, 7) is -0.173. The van der Waals surface area contributed by atoms with Gasteiger partial charge in [-0.2, -0.15) is 5.10 Å². The van der Waals surface area contributed by atoms with Gasteiger partial charge < -0.3 is 4.84 Å². The van der Waals surface area contributed by atoms with Gasteiger partial charge in [-0.3, -0.25) is 9.89 Å². The number of carbonyl (C=O) groups excluding carboxylic acids is 1. The van der Waals surface area contributed by atoms with Gasteiger partial charge in [0.15, 0.2) is 15.6 Å². The molecule has 0 radical (unpaired) electrons. The Kier molecular flexibility index (Phi) is 6.26. The van der Waals surface area contributed by atoms with Crippen LogP contribution in [0.3, 0.4) is 0 Å². The fraction of sp³-hybridized carbons (Fsp3) is 0.200. The summed E-state index contributed by atoms with van der Waals surface area (Å²) in [5, 5.41) is 16.4. The fourth-order valence-electron chi connectivity index (χ4n) is 3.00. The zero-order chi connectivity index (χ0) is 21.7. The third-order valence-electron chi connectivity index (χ3n) is 4.41. The molecular formula is C20H19N3O6S. The van der Waals surface area contributed by atoms with E-state index in [4.69, 9.17) is 0 Å². The molecule has 3 aromatic rings. The van der Waals surface area contributed by atoms with Gasteiger partial charge in [0.2, 0.25) is 0 Å². The molecule has 1 heterocycles. The van der Waals surface area contributed by atoms with E-state index in [-0.39, 0.29) is 35.8 Å². The molecule has 0 aliphatic rings. The van der Waals surface area contributed by atoms with Crippen LogP contribution in [0, 0.1) is 10.1 Å². The van der Waals surface area contributed by atoms with Crippen molar-refractivity contribution in [3.63, 3.8) is 0 Å². The lowest BCUT2D eigenvalue weighted by molar-refractivity contribution is -0.757. The van der Waals surface area contributed by atoms with Gasteiger partial charge in [0.05, 0.1) is 11.5 Å². The number of benzene rings is 2. The third kappa shape index (κ3) is 4.90. The maximum absolute atomic E-state index is 12.7. The van der Waals surface area contributed by atoms with Gasteiger partial charge in [-0.1, -0.05) is 42.5 Å². The molecule has 0 saturated carbocycles. The van der Waals surface area contributed by atoms with Gasteiger partial charge in [-0.15, -0.1) is 10.1 Å². The molecule has 0 saturated heterocycles. The minimum absolute atomic E-state index is 0.0440. The van der Waals surface area contributed by atoms with Gasteiger partial charge >= 0.3 is 0 Å². The van der Waals surface area contributed by atoms with Crippen molar-refractivity contribution in [3.8, 4) is 22.4 Å². The first kappa shape index (κ1) is 21.2. The van der Waals surface area contributed by atoms with Crippen LogP contribution >= 0.6 is 0 Å². The number of hydrogen-bond donors (Lipinski definition) is 1. The second-order valence-corrected chi connectivity index (χ2v) is 8.58. The molecule has 3 rings (SSSR count). The van der Waals surface area contributed by atoms with Gasteiger partial charge in [-0.05, 0) is 24.1 Å². The SMILES string of the molecule is CS(=O)(=O)c1ccc(-c2n[nH]c(C(=O)CCCO[N+](=O)[O-])c2-c2ccccc2)cc1. The first-order valence-electron chi connectivity index (χ1n) is 9.02. The molecule has 1 aromatic heterocycles. The number of aromatic amines is 1. The van der Waals surface area contributed by atoms with Crippen LogP contribution in [0.4, 0.5) is 0 Å². The Morgan fingerprint density at radius 2 is 1.77 bits per heavy atom. The Labute approximate surface area is 172 Å². The number of Topliss-reactive ketones (excluding diaryl/α,β-unsaturated/α-hetero) is 1. The molecular weight excluding hydrogens is 410 g/mol. The van der Waals surface area contributed by atoms with Crippen molar-refractivity contribution >= 4 is 15.6 Å². The standard InChI is InChI=1S/C20H19N3O6S/c1-30(27,28)16-11-9-15(10-12-16)19-18(14-6-3-2-4-7-14)20(22-21-19)17(24)8-5-13-29-23(25)26/h2-4,6-7,9-12H,5,8,13H2,1H3,(H,21,22). The van der Waals surface area contributed by atoms with Gasteiger partial charge in [0, 0.05) is 23.8 Å². The molecule has 2 aromatic carbocycles. The second kappa shape index (κ2) is 8.87. The molecule has 0 atom stereocenters. The number of sulfone groups is 1. The highest BCUT2D eigenvalue weighted by molar-refractivity contribution is 7.90. The average molecular weight is 429 g/mol. The van der Waals surface area contributed by atoms with E-state index in [1.54, 1.807) is 12.1 Å². The van der Waals surface area contributed by atoms with Gasteiger partial charge in [0.25, 0.3) is 5.09 Å². The number of nitrogens with zero attached hydrogens (tertiary/aromatic N) is 2. The van der Waals surface area contributed by atoms with Crippen LogP contribution in [0.5, 0.6) is 0 Å². The summed E-state index contributed by atoms with van der Waals surface area (Å²) in [7, 11) is -3.33. The van der Waals surface area contributed by atoms with Crippen LogP contribution in [0.25, 0.3) is 22.4 Å². The summed E-state index contributed by atoms with van der Waals surface area (Å²) in [5.74, 6) is -0.257. The maximum Gasteiger partial charge on any atom is 0.294 e. The van der Waals surface area contributed by atoms with Gasteiger partial charge in [-0.25, -0.2) is 8.42 Å². The second-order valence-electron chi connectivity index (χ2n) is 6.57. The average Bonchev–Trinajstić information content (AvgIpc) is 3.16. The van der Waals surface area contributed by atoms with Crippen LogP contribution in [0.15, 0.2) is 59.5 Å². The van der Waals surface area contributed by atoms with Crippen molar-refractivity contribution in [1.82, 2.24) is 10.2 Å². The van der Waals surface area contributed by atoms with Crippen LogP contribution in [-0.2, 0) is 14.7 Å². The number of aromatic nitrogens is 2. The molecule has 0 bridgehead atoms. The van der Waals surface area contributed by atoms with Crippen LogP contribution in [-0.4, -0.2) is 42.3 Å². The van der Waals surface area contributed by atoms with E-state index in [9.17, 15) is 23.3 Å². The molecule has 0 aliphatic carbocycles. The number of hydrogen-bond acceptors (Lipinski definition) is 7. The van der Waals surface area contributed by atoms with E-state index in [0.717, 1.165) is 11.8 Å². The first-order valence-corrected chi connectivity index (χ1v) is 10.9. The Bertz CT molecular complexity index is 1160. The van der Waals surface area contributed by atoms with Crippen molar-refractivity contribution < 1.29 is 23.1 Å². The quantitative estimate of drug-likeness (QED) is 0.239. The summed E-state index contributed by atoms with van der Waals surface area (Å²) >= 11 is 0. The molecule has 0 amide bonds. The van der Waals surface area contributed by atoms with Crippen molar-refractivity contribution in [2.75, 3.05) is 12.9 Å². The normalized spacial score (nSPS) is 11.2. The lowest BCUT2D eigenvalue weighted by atomic mass is 9.96. The zero-order valence-electron chi connectivity index (χ0n) is 16.1. The van der Waals surface area contributed by atoms with Crippen molar-refractivity contribution in [2.45, 2.75) is 17.7 Å². The summed E-state index contributed by atoms with van der Waals surface area (Å²) in [6.07, 6.45) is 1.36. The number of ketones is 1. The van der Waals surface area contributed by atoms with Crippen LogP contribution in [0.2, 0.25) is 0 Å². The molecule has 9 nitrogen and oxygen atoms in total. The molecule has 30 heavy (non-hydrogen) atoms. The summed E-state index contributed by atoms with van der Waals surface area (Å²) < 4.78 is 23.4. The predicted molar refractivity (Wildman–Crippen MR) is 109 cm³/mol. The van der Waals surface area contributed by atoms with E-state index < -0.39 is 14.9 Å². The molecule has 156 valence electrons.